The molecule has 162 valence electrons. The molecule has 7 nitrogen and oxygen atoms in total. The number of rotatable bonds is 8. The Morgan fingerprint density at radius 1 is 1.16 bits per heavy atom. The summed E-state index contributed by atoms with van der Waals surface area (Å²) in [7, 11) is 1.60. The molecular formula is C23H24ClN3O4. The molecule has 0 radical (unpaired) electrons. The van der Waals surface area contributed by atoms with Crippen LogP contribution in [0.5, 0.6) is 11.6 Å². The van der Waals surface area contributed by atoms with Gasteiger partial charge in [-0.2, -0.15) is 4.68 Å². The second kappa shape index (κ2) is 10.1. The van der Waals surface area contributed by atoms with E-state index < -0.39 is 6.10 Å². The van der Waals surface area contributed by atoms with Gasteiger partial charge < -0.3 is 14.8 Å². The molecule has 1 heterocycles. The van der Waals surface area contributed by atoms with E-state index in [1.807, 2.05) is 38.1 Å². The molecule has 3 rings (SSSR count). The molecule has 0 spiro atoms. The van der Waals surface area contributed by atoms with Crippen molar-refractivity contribution in [2.45, 2.75) is 32.9 Å². The van der Waals surface area contributed by atoms with Crippen LogP contribution in [0.1, 0.15) is 24.5 Å². The zero-order valence-corrected chi connectivity index (χ0v) is 18.3. The number of hydrogen-bond acceptors (Lipinski definition) is 5. The minimum atomic E-state index is -0.753. The minimum Gasteiger partial charge on any atom is -0.497 e. The number of hydrogen-bond donors (Lipinski definition) is 1. The average Bonchev–Trinajstić information content (AvgIpc) is 2.79. The van der Waals surface area contributed by atoms with Gasteiger partial charge in [-0.1, -0.05) is 36.7 Å². The first-order valence-corrected chi connectivity index (χ1v) is 10.2. The topological polar surface area (TPSA) is 82.5 Å². The fourth-order valence-corrected chi connectivity index (χ4v) is 3.12. The summed E-state index contributed by atoms with van der Waals surface area (Å²) in [5.74, 6) is 0.656. The van der Waals surface area contributed by atoms with Gasteiger partial charge in [0, 0.05) is 23.7 Å². The molecule has 0 saturated heterocycles. The molecule has 1 N–H and O–H groups in total. The van der Waals surface area contributed by atoms with Crippen molar-refractivity contribution in [1.82, 2.24) is 15.1 Å². The van der Waals surface area contributed by atoms with Crippen molar-refractivity contribution in [1.29, 1.82) is 0 Å². The molecule has 31 heavy (non-hydrogen) atoms. The zero-order chi connectivity index (χ0) is 22.4. The van der Waals surface area contributed by atoms with E-state index in [1.54, 1.807) is 25.3 Å². The highest BCUT2D eigenvalue weighted by Crippen LogP contribution is 2.19. The van der Waals surface area contributed by atoms with Gasteiger partial charge in [0.05, 0.1) is 12.8 Å². The van der Waals surface area contributed by atoms with E-state index in [0.717, 1.165) is 16.9 Å². The molecule has 0 fully saturated rings. The normalized spacial score (nSPS) is 11.6. The Morgan fingerprint density at radius 2 is 1.90 bits per heavy atom. The van der Waals surface area contributed by atoms with Gasteiger partial charge in [-0.15, -0.1) is 5.10 Å². The molecule has 0 aliphatic heterocycles. The summed E-state index contributed by atoms with van der Waals surface area (Å²) >= 11 is 6.08. The van der Waals surface area contributed by atoms with Crippen molar-refractivity contribution in [3.63, 3.8) is 0 Å². The lowest BCUT2D eigenvalue weighted by Gasteiger charge is -2.17. The minimum absolute atomic E-state index is 0.172. The molecule has 8 heteroatoms. The Morgan fingerprint density at radius 3 is 2.58 bits per heavy atom. The molecule has 2 aromatic carbocycles. The van der Waals surface area contributed by atoms with Crippen molar-refractivity contribution in [3.8, 4) is 17.3 Å². The Bertz CT molecular complexity index is 1110. The smallest absolute Gasteiger partial charge is 0.271 e. The monoisotopic (exact) mass is 441 g/mol. The highest BCUT2D eigenvalue weighted by Gasteiger charge is 2.19. The molecular weight excluding hydrogens is 418 g/mol. The van der Waals surface area contributed by atoms with Gasteiger partial charge in [0.2, 0.25) is 5.88 Å². The lowest BCUT2D eigenvalue weighted by Crippen LogP contribution is -2.38. The number of amides is 1. The van der Waals surface area contributed by atoms with Crippen LogP contribution in [0.2, 0.25) is 5.02 Å². The highest BCUT2D eigenvalue weighted by atomic mass is 35.5. The van der Waals surface area contributed by atoms with Crippen molar-refractivity contribution < 1.29 is 14.3 Å². The van der Waals surface area contributed by atoms with Gasteiger partial charge in [-0.25, -0.2) is 0 Å². The molecule has 3 aromatic rings. The maximum Gasteiger partial charge on any atom is 0.271 e. The predicted octanol–water partition coefficient (Wildman–Crippen LogP) is 3.68. The second-order valence-electron chi connectivity index (χ2n) is 6.93. The van der Waals surface area contributed by atoms with Crippen LogP contribution in [0.15, 0.2) is 59.4 Å². The fourth-order valence-electron chi connectivity index (χ4n) is 2.95. The number of nitrogens with zero attached hydrogens (tertiary/aromatic N) is 2. The van der Waals surface area contributed by atoms with E-state index in [0.29, 0.717) is 23.7 Å². The maximum absolute atomic E-state index is 12.6. The fraction of sp³-hybridized carbons (Fsp3) is 0.261. The third-order valence-electron chi connectivity index (χ3n) is 4.73. The Kier molecular flexibility index (Phi) is 7.31. The number of aryl methyl sites for hydroxylation is 1. The summed E-state index contributed by atoms with van der Waals surface area (Å²) in [6, 6.07) is 15.4. The number of methoxy groups -OCH3 is 1. The number of carbonyl (C=O) groups excluding carboxylic acids is 1. The number of aromatic nitrogens is 2. The van der Waals surface area contributed by atoms with Crippen LogP contribution < -0.4 is 20.3 Å². The standard InChI is InChI=1S/C23H24ClN3O4/c1-4-20(23(29)25-14-16-6-9-18(30-3)10-7-16)31-21-11-12-22(28)27(26-21)19-13-17(24)8-5-15(19)2/h5-13,20H,4,14H2,1-3H3,(H,25,29). The van der Waals surface area contributed by atoms with E-state index >= 15 is 0 Å². The van der Waals surface area contributed by atoms with Crippen molar-refractivity contribution >= 4 is 17.5 Å². The van der Waals surface area contributed by atoms with Crippen LogP contribution in [-0.2, 0) is 11.3 Å². The lowest BCUT2D eigenvalue weighted by atomic mass is 10.2. The molecule has 0 saturated carbocycles. The van der Waals surface area contributed by atoms with Crippen molar-refractivity contribution in [2.75, 3.05) is 7.11 Å². The van der Waals surface area contributed by atoms with E-state index in [2.05, 4.69) is 10.4 Å². The first-order valence-electron chi connectivity index (χ1n) is 9.85. The summed E-state index contributed by atoms with van der Waals surface area (Å²) in [5, 5.41) is 7.64. The van der Waals surface area contributed by atoms with Crippen LogP contribution in [0.3, 0.4) is 0 Å². The number of nitrogens with one attached hydrogen (secondary N) is 1. The van der Waals surface area contributed by atoms with Gasteiger partial charge >= 0.3 is 0 Å². The summed E-state index contributed by atoms with van der Waals surface area (Å²) in [6.07, 6.45) is -0.317. The van der Waals surface area contributed by atoms with Crippen molar-refractivity contribution in [3.05, 3.63) is 81.1 Å². The Labute approximate surface area is 185 Å². The largest absolute Gasteiger partial charge is 0.497 e. The van der Waals surface area contributed by atoms with E-state index in [4.69, 9.17) is 21.1 Å². The van der Waals surface area contributed by atoms with Gasteiger partial charge in [0.15, 0.2) is 6.10 Å². The quantitative estimate of drug-likeness (QED) is 0.576. The lowest BCUT2D eigenvalue weighted by molar-refractivity contribution is -0.128. The summed E-state index contributed by atoms with van der Waals surface area (Å²) < 4.78 is 12.2. The first-order chi connectivity index (χ1) is 14.9. The molecule has 0 bridgehead atoms. The SMILES string of the molecule is CCC(Oc1ccc(=O)n(-c2cc(Cl)ccc2C)n1)C(=O)NCc1ccc(OC)cc1. The number of halogens is 1. The molecule has 0 aliphatic carbocycles. The van der Waals surface area contributed by atoms with E-state index in [-0.39, 0.29) is 17.3 Å². The summed E-state index contributed by atoms with van der Waals surface area (Å²) in [4.78, 5) is 25.0. The first kappa shape index (κ1) is 22.4. The molecule has 1 atom stereocenters. The molecule has 1 unspecified atom stereocenters. The molecule has 1 amide bonds. The Hall–Kier alpha value is -3.32. The van der Waals surface area contributed by atoms with Gasteiger partial charge in [0.25, 0.3) is 11.5 Å². The van der Waals surface area contributed by atoms with Gasteiger partial charge in [0.1, 0.15) is 5.75 Å². The van der Waals surface area contributed by atoms with Gasteiger partial charge in [-0.3, -0.25) is 9.59 Å². The number of benzene rings is 2. The summed E-state index contributed by atoms with van der Waals surface area (Å²) in [6.45, 7) is 4.06. The third kappa shape index (κ3) is 5.64. The highest BCUT2D eigenvalue weighted by molar-refractivity contribution is 6.30. The zero-order valence-electron chi connectivity index (χ0n) is 17.6. The van der Waals surface area contributed by atoms with Crippen LogP contribution >= 0.6 is 11.6 Å². The van der Waals surface area contributed by atoms with Crippen LogP contribution in [0.4, 0.5) is 0 Å². The number of carbonyl (C=O) groups is 1. The third-order valence-corrected chi connectivity index (χ3v) is 4.96. The second-order valence-corrected chi connectivity index (χ2v) is 7.37. The molecule has 0 aliphatic rings. The molecule has 1 aromatic heterocycles. The van der Waals surface area contributed by atoms with Crippen LogP contribution in [0, 0.1) is 6.92 Å². The maximum atomic E-state index is 12.6. The number of ether oxygens (including phenoxy) is 2. The van der Waals surface area contributed by atoms with Crippen LogP contribution in [0.25, 0.3) is 5.69 Å². The van der Waals surface area contributed by atoms with Crippen LogP contribution in [-0.4, -0.2) is 28.9 Å². The van der Waals surface area contributed by atoms with E-state index in [1.165, 1.54) is 16.8 Å². The predicted molar refractivity (Wildman–Crippen MR) is 119 cm³/mol. The average molecular weight is 442 g/mol. The summed E-state index contributed by atoms with van der Waals surface area (Å²) in [5.41, 5.74) is 2.00. The van der Waals surface area contributed by atoms with E-state index in [9.17, 15) is 9.59 Å². The van der Waals surface area contributed by atoms with Gasteiger partial charge in [-0.05, 0) is 48.7 Å². The Balaban J connectivity index is 1.72. The van der Waals surface area contributed by atoms with Crippen molar-refractivity contribution in [2.24, 2.45) is 0 Å².